The molecule has 0 atom stereocenters. The van der Waals surface area contributed by atoms with Crippen LogP contribution >= 0.6 is 0 Å². The Morgan fingerprint density at radius 2 is 0.390 bits per heavy atom. The van der Waals surface area contributed by atoms with E-state index in [9.17, 15) is 0 Å². The summed E-state index contributed by atoms with van der Waals surface area (Å²) in [6.07, 6.45) is 0. The molecule has 0 unspecified atom stereocenters. The monoisotopic (exact) mass is 1270 g/mol. The van der Waals surface area contributed by atoms with Gasteiger partial charge < -0.3 is 18.3 Å². The number of fused-ring (bicyclic) bond motifs is 15. The molecule has 466 valence electrons. The molecule has 21 rings (SSSR count). The second-order valence-corrected chi connectivity index (χ2v) is 26.4. The van der Waals surface area contributed by atoms with Gasteiger partial charge in [0.15, 0.2) is 0 Å². The molecule has 0 saturated heterocycles. The van der Waals surface area contributed by atoms with Crippen molar-refractivity contribution >= 4 is 120 Å². The van der Waals surface area contributed by atoms with Gasteiger partial charge in [0.25, 0.3) is 0 Å². The third-order valence-electron chi connectivity index (χ3n) is 20.8. The van der Waals surface area contributed by atoms with E-state index in [1.165, 1.54) is 187 Å². The average Bonchev–Trinajstić information content (AvgIpc) is 1.55. The maximum absolute atomic E-state index is 2.41. The minimum Gasteiger partial charge on any atom is -0.309 e. The summed E-state index contributed by atoms with van der Waals surface area (Å²) in [4.78, 5) is 0. The van der Waals surface area contributed by atoms with Crippen LogP contribution in [0.1, 0.15) is 0 Å². The van der Waals surface area contributed by atoms with Crippen molar-refractivity contribution in [1.29, 1.82) is 0 Å². The van der Waals surface area contributed by atoms with Gasteiger partial charge in [0.05, 0.1) is 44.1 Å². The van der Waals surface area contributed by atoms with E-state index in [1.54, 1.807) is 0 Å². The molecule has 4 aromatic heterocycles. The predicted octanol–water partition coefficient (Wildman–Crippen LogP) is 25.9. The number of hydrogen-bond donors (Lipinski definition) is 0. The molecule has 17 aromatic carbocycles. The van der Waals surface area contributed by atoms with E-state index in [1.807, 2.05) is 0 Å². The van der Waals surface area contributed by atoms with Crippen LogP contribution in [0.25, 0.3) is 187 Å². The predicted molar refractivity (Wildman–Crippen MR) is 425 cm³/mol. The van der Waals surface area contributed by atoms with E-state index in [2.05, 4.69) is 394 Å². The zero-order chi connectivity index (χ0) is 65.8. The van der Waals surface area contributed by atoms with Crippen LogP contribution in [0.4, 0.5) is 0 Å². The summed E-state index contributed by atoms with van der Waals surface area (Å²) in [7, 11) is 0. The smallest absolute Gasteiger partial charge is 0.0541 e. The van der Waals surface area contributed by atoms with Crippen LogP contribution in [0.15, 0.2) is 376 Å². The molecular weight excluding hydrogens is 1210 g/mol. The van der Waals surface area contributed by atoms with Crippen LogP contribution < -0.4 is 0 Å². The van der Waals surface area contributed by atoms with Gasteiger partial charge in [-0.2, -0.15) is 0 Å². The summed E-state index contributed by atoms with van der Waals surface area (Å²) in [6.45, 7) is 0. The Bertz CT molecular complexity index is 6820. The van der Waals surface area contributed by atoms with Gasteiger partial charge in [-0.15, -0.1) is 0 Å². The summed E-state index contributed by atoms with van der Waals surface area (Å²) in [6, 6.07) is 137. The average molecular weight is 1270 g/mol. The molecule has 0 fully saturated rings. The summed E-state index contributed by atoms with van der Waals surface area (Å²) in [5.41, 5.74) is 24.3. The first-order chi connectivity index (χ1) is 49.6. The molecule has 0 N–H and O–H groups in total. The van der Waals surface area contributed by atoms with Crippen LogP contribution in [-0.4, -0.2) is 18.3 Å². The number of hydrogen-bond acceptors (Lipinski definition) is 0. The Kier molecular flexibility index (Phi) is 13.2. The van der Waals surface area contributed by atoms with Crippen molar-refractivity contribution in [3.63, 3.8) is 0 Å². The van der Waals surface area contributed by atoms with Gasteiger partial charge >= 0.3 is 0 Å². The fourth-order valence-corrected chi connectivity index (χ4v) is 16.1. The zero-order valence-electron chi connectivity index (χ0n) is 54.6. The molecule has 4 heteroatoms. The first-order valence-electron chi connectivity index (χ1n) is 34.5. The quantitative estimate of drug-likeness (QED) is 0.144. The Balaban J connectivity index is 0.000000135. The summed E-state index contributed by atoms with van der Waals surface area (Å²) in [5.74, 6) is 0. The lowest BCUT2D eigenvalue weighted by Gasteiger charge is -2.13. The fraction of sp³-hybridized carbons (Fsp3) is 0. The second kappa shape index (κ2) is 23.2. The molecule has 0 amide bonds. The number of benzene rings is 17. The Morgan fingerprint density at radius 3 is 0.750 bits per heavy atom. The minimum atomic E-state index is 1.17. The lowest BCUT2D eigenvalue weighted by Crippen LogP contribution is -1.94. The Labute approximate surface area is 577 Å². The zero-order valence-corrected chi connectivity index (χ0v) is 54.6. The fourth-order valence-electron chi connectivity index (χ4n) is 16.1. The molecule has 4 nitrogen and oxygen atoms in total. The molecule has 0 aliphatic rings. The molecule has 0 aliphatic heterocycles. The van der Waals surface area contributed by atoms with Crippen LogP contribution in [0.5, 0.6) is 0 Å². The van der Waals surface area contributed by atoms with Gasteiger partial charge in [0.1, 0.15) is 0 Å². The lowest BCUT2D eigenvalue weighted by molar-refractivity contribution is 1.18. The number of para-hydroxylation sites is 6. The Morgan fingerprint density at radius 1 is 0.130 bits per heavy atom. The molecule has 21 aromatic rings. The van der Waals surface area contributed by atoms with Gasteiger partial charge in [0.2, 0.25) is 0 Å². The highest BCUT2D eigenvalue weighted by molar-refractivity contribution is 6.16. The Hall–Kier alpha value is -13.3. The second-order valence-electron chi connectivity index (χ2n) is 26.4. The molecule has 0 saturated carbocycles. The normalized spacial score (nSPS) is 11.8. The van der Waals surface area contributed by atoms with Crippen molar-refractivity contribution in [3.8, 4) is 67.3 Å². The third-order valence-corrected chi connectivity index (χ3v) is 20.8. The SMILES string of the molecule is c1ccc(-n2c3ccccc3c3cc(-c4ccc(-c5ccc6c(c5)c5ccccc5n6-c5ccc6ccccc6c5)c5ccccc45)ccc32)cc1.c1ccc(-n2c3ccccc3c3cc(-c4ccc(-c5ccc6c(c5)c5ccccc5n6-c5ccc6ccccc6c5)cc4)ccc32)cc1. The maximum Gasteiger partial charge on any atom is 0.0541 e. The van der Waals surface area contributed by atoms with Crippen molar-refractivity contribution < 1.29 is 0 Å². The number of rotatable bonds is 8. The number of nitrogens with zero attached hydrogens (tertiary/aromatic N) is 4. The van der Waals surface area contributed by atoms with E-state index < -0.39 is 0 Å². The maximum atomic E-state index is 2.41. The largest absolute Gasteiger partial charge is 0.309 e. The van der Waals surface area contributed by atoms with Gasteiger partial charge in [0, 0.05) is 65.8 Å². The van der Waals surface area contributed by atoms with E-state index in [0.29, 0.717) is 0 Å². The van der Waals surface area contributed by atoms with E-state index in [0.717, 1.165) is 0 Å². The lowest BCUT2D eigenvalue weighted by atomic mass is 9.91. The van der Waals surface area contributed by atoms with Crippen LogP contribution in [0.3, 0.4) is 0 Å². The first kappa shape index (κ1) is 57.0. The number of aromatic nitrogens is 4. The molecule has 0 radical (unpaired) electrons. The van der Waals surface area contributed by atoms with Crippen LogP contribution in [0, 0.1) is 0 Å². The van der Waals surface area contributed by atoms with Gasteiger partial charge in [-0.05, 0) is 198 Å². The van der Waals surface area contributed by atoms with E-state index in [-0.39, 0.29) is 0 Å². The van der Waals surface area contributed by atoms with Crippen molar-refractivity contribution in [2.24, 2.45) is 0 Å². The van der Waals surface area contributed by atoms with Gasteiger partial charge in [-0.25, -0.2) is 0 Å². The molecule has 4 heterocycles. The van der Waals surface area contributed by atoms with Crippen LogP contribution in [0.2, 0.25) is 0 Å². The van der Waals surface area contributed by atoms with Crippen molar-refractivity contribution in [1.82, 2.24) is 18.3 Å². The van der Waals surface area contributed by atoms with Gasteiger partial charge in [-0.3, -0.25) is 0 Å². The highest BCUT2D eigenvalue weighted by atomic mass is 15.0. The van der Waals surface area contributed by atoms with Crippen molar-refractivity contribution in [2.75, 3.05) is 0 Å². The van der Waals surface area contributed by atoms with Crippen molar-refractivity contribution in [3.05, 3.63) is 376 Å². The van der Waals surface area contributed by atoms with E-state index in [4.69, 9.17) is 0 Å². The standard InChI is InChI=1S/C50H32N2.C46H30N2/c1-2-14-37(15-3-1)51-47-20-10-8-18-43(47)45-31-35(23-28-49(45)51)39-26-27-40(42-17-7-6-16-41(39)42)36-24-29-50-46(32-36)44-19-9-11-21-48(44)52(50)38-25-22-33-12-4-5-13-34(33)30-38;1-2-12-37(13-3-1)47-43-16-8-6-14-39(43)41-29-35(23-26-45(41)47)32-18-20-33(21-19-32)36-24-27-46-42(30-36)40-15-7-9-17-44(40)48(46)38-25-22-31-10-4-5-11-34(31)28-38/h1-32H;1-30H. The molecule has 100 heavy (non-hydrogen) atoms. The molecule has 0 aliphatic carbocycles. The highest BCUT2D eigenvalue weighted by Gasteiger charge is 2.20. The molecule has 0 spiro atoms. The topological polar surface area (TPSA) is 19.7 Å². The summed E-state index contributed by atoms with van der Waals surface area (Å²) >= 11 is 0. The summed E-state index contributed by atoms with van der Waals surface area (Å²) in [5, 5.41) is 17.6. The molecular formula is C96H62N4. The third kappa shape index (κ3) is 9.30. The first-order valence-corrected chi connectivity index (χ1v) is 34.5. The van der Waals surface area contributed by atoms with Crippen molar-refractivity contribution in [2.45, 2.75) is 0 Å². The minimum absolute atomic E-state index is 1.17. The van der Waals surface area contributed by atoms with E-state index >= 15 is 0 Å². The summed E-state index contributed by atoms with van der Waals surface area (Å²) < 4.78 is 9.55. The van der Waals surface area contributed by atoms with Gasteiger partial charge in [-0.1, -0.05) is 255 Å². The van der Waals surface area contributed by atoms with Crippen LogP contribution in [-0.2, 0) is 0 Å². The molecule has 0 bridgehead atoms. The highest BCUT2D eigenvalue weighted by Crippen LogP contribution is 2.44.